The summed E-state index contributed by atoms with van der Waals surface area (Å²) >= 11 is 0. The van der Waals surface area contributed by atoms with Gasteiger partial charge in [0.25, 0.3) is 0 Å². The lowest BCUT2D eigenvalue weighted by Gasteiger charge is -2.29. The first-order valence-corrected chi connectivity index (χ1v) is 12.8. The predicted molar refractivity (Wildman–Crippen MR) is 144 cm³/mol. The van der Waals surface area contributed by atoms with E-state index in [9.17, 15) is 9.59 Å². The normalized spacial score (nSPS) is 14.1. The van der Waals surface area contributed by atoms with Crippen LogP contribution < -0.4 is 10.1 Å². The molecule has 0 aliphatic carbocycles. The fraction of sp³-hybridized carbons (Fsp3) is 0.300. The van der Waals surface area contributed by atoms with Crippen molar-refractivity contribution >= 4 is 23.5 Å². The van der Waals surface area contributed by atoms with Gasteiger partial charge in [-0.25, -0.2) is 4.99 Å². The first-order valence-electron chi connectivity index (χ1n) is 12.8. The molecule has 0 saturated carbocycles. The molecule has 3 aromatic carbocycles. The molecule has 0 bridgehead atoms. The molecule has 2 aliphatic heterocycles. The summed E-state index contributed by atoms with van der Waals surface area (Å²) in [7, 11) is 1.90. The lowest BCUT2D eigenvalue weighted by molar-refractivity contribution is -0.131. The van der Waals surface area contributed by atoms with Gasteiger partial charge in [0.05, 0.1) is 18.3 Å². The smallest absolute Gasteiger partial charge is 0.246 e. The van der Waals surface area contributed by atoms with Crippen molar-refractivity contribution in [2.75, 3.05) is 20.2 Å². The van der Waals surface area contributed by atoms with Gasteiger partial charge in [-0.2, -0.15) is 0 Å². The zero-order valence-corrected chi connectivity index (χ0v) is 21.1. The number of fused-ring (bicyclic) bond motifs is 2. The number of amides is 2. The Hall–Kier alpha value is -4.13. The molecule has 37 heavy (non-hydrogen) atoms. The van der Waals surface area contributed by atoms with Gasteiger partial charge in [0.2, 0.25) is 17.8 Å². The first kappa shape index (κ1) is 24.6. The van der Waals surface area contributed by atoms with E-state index in [1.54, 1.807) is 0 Å². The van der Waals surface area contributed by atoms with Crippen LogP contribution in [0, 0.1) is 0 Å². The molecule has 7 nitrogen and oxygen atoms in total. The van der Waals surface area contributed by atoms with E-state index in [0.29, 0.717) is 32.1 Å². The lowest BCUT2D eigenvalue weighted by atomic mass is 9.97. The van der Waals surface area contributed by atoms with Crippen LogP contribution in [0.25, 0.3) is 0 Å². The monoisotopic (exact) mass is 496 g/mol. The maximum absolute atomic E-state index is 13.1. The van der Waals surface area contributed by atoms with Gasteiger partial charge in [-0.3, -0.25) is 14.9 Å². The molecule has 1 saturated heterocycles. The highest BCUT2D eigenvalue weighted by atomic mass is 16.5. The molecule has 1 fully saturated rings. The van der Waals surface area contributed by atoms with Crippen molar-refractivity contribution < 1.29 is 14.3 Å². The molecule has 0 atom stereocenters. The van der Waals surface area contributed by atoms with E-state index in [-0.39, 0.29) is 17.9 Å². The Morgan fingerprint density at radius 2 is 1.68 bits per heavy atom. The standard InChI is InChI=1S/C30H32N4O3/c1-33(29(22-11-5-2-6-12-22)23-13-7-3-8-14-23)28(36)15-9-4-10-18-37-25-16-17-26-24(19-25)20-34-21-27(35)32-30(34)31-26/h2-3,5-8,11-14,16-17,19,29H,4,9-10,15,18,20-21H2,1H3,(H,31,32,35). The summed E-state index contributed by atoms with van der Waals surface area (Å²) in [6.45, 7) is 1.58. The van der Waals surface area contributed by atoms with Gasteiger partial charge in [-0.1, -0.05) is 60.7 Å². The minimum absolute atomic E-state index is 0.0247. The third-order valence-corrected chi connectivity index (χ3v) is 6.84. The van der Waals surface area contributed by atoms with Crippen molar-refractivity contribution in [3.05, 3.63) is 95.6 Å². The fourth-order valence-corrected chi connectivity index (χ4v) is 4.90. The zero-order chi connectivity index (χ0) is 25.6. The molecule has 190 valence electrons. The van der Waals surface area contributed by atoms with Crippen LogP contribution in [0.15, 0.2) is 83.9 Å². The highest BCUT2D eigenvalue weighted by molar-refractivity contribution is 6.05. The van der Waals surface area contributed by atoms with Crippen LogP contribution in [-0.4, -0.2) is 47.8 Å². The predicted octanol–water partition coefficient (Wildman–Crippen LogP) is 4.81. The van der Waals surface area contributed by atoms with Crippen LogP contribution >= 0.6 is 0 Å². The van der Waals surface area contributed by atoms with Crippen molar-refractivity contribution in [2.24, 2.45) is 4.99 Å². The highest BCUT2D eigenvalue weighted by Crippen LogP contribution is 2.31. The number of carbonyl (C=O) groups excluding carboxylic acids is 2. The van der Waals surface area contributed by atoms with Gasteiger partial charge < -0.3 is 14.5 Å². The van der Waals surface area contributed by atoms with Gasteiger partial charge in [0, 0.05) is 25.6 Å². The molecule has 3 aromatic rings. The third kappa shape index (κ3) is 5.82. The molecule has 0 radical (unpaired) electrons. The van der Waals surface area contributed by atoms with Gasteiger partial charge in [0.15, 0.2) is 0 Å². The van der Waals surface area contributed by atoms with Crippen LogP contribution in [0.5, 0.6) is 5.75 Å². The first-order chi connectivity index (χ1) is 18.1. The van der Waals surface area contributed by atoms with E-state index >= 15 is 0 Å². The van der Waals surface area contributed by atoms with Crippen LogP contribution in [0.1, 0.15) is 48.4 Å². The van der Waals surface area contributed by atoms with Gasteiger partial charge >= 0.3 is 0 Å². The Labute approximate surface area is 217 Å². The molecular formula is C30H32N4O3. The quantitative estimate of drug-likeness (QED) is 0.409. The molecule has 0 unspecified atom stereocenters. The van der Waals surface area contributed by atoms with Gasteiger partial charge in [-0.15, -0.1) is 0 Å². The second-order valence-corrected chi connectivity index (χ2v) is 9.52. The summed E-state index contributed by atoms with van der Waals surface area (Å²) in [6, 6.07) is 26.1. The van der Waals surface area contributed by atoms with Gasteiger partial charge in [0.1, 0.15) is 12.3 Å². The average molecular weight is 497 g/mol. The Kier molecular flexibility index (Phi) is 7.49. The number of rotatable bonds is 10. The zero-order valence-electron chi connectivity index (χ0n) is 21.1. The Morgan fingerprint density at radius 3 is 2.38 bits per heavy atom. The number of ether oxygens (including phenoxy) is 1. The number of hydrogen-bond acceptors (Lipinski definition) is 5. The number of nitrogens with one attached hydrogen (secondary N) is 1. The minimum atomic E-state index is -0.0999. The second-order valence-electron chi connectivity index (χ2n) is 9.52. The SMILES string of the molecule is CN(C(=O)CCCCCOc1ccc2c(c1)CN1CC(=O)NC1=N2)C(c1ccccc1)c1ccccc1. The van der Waals surface area contributed by atoms with Crippen molar-refractivity contribution in [1.29, 1.82) is 0 Å². The van der Waals surface area contributed by atoms with E-state index in [1.165, 1.54) is 0 Å². The Morgan fingerprint density at radius 1 is 0.973 bits per heavy atom. The number of aliphatic imine (C=N–C) groups is 1. The van der Waals surface area contributed by atoms with Crippen LogP contribution in [0.4, 0.5) is 5.69 Å². The largest absolute Gasteiger partial charge is 0.494 e. The minimum Gasteiger partial charge on any atom is -0.494 e. The topological polar surface area (TPSA) is 74.2 Å². The molecule has 2 aliphatic rings. The molecule has 0 aromatic heterocycles. The van der Waals surface area contributed by atoms with Crippen LogP contribution in [-0.2, 0) is 16.1 Å². The number of unbranched alkanes of at least 4 members (excludes halogenated alkanes) is 2. The molecule has 2 heterocycles. The lowest BCUT2D eigenvalue weighted by Crippen LogP contribution is -2.32. The van der Waals surface area contributed by atoms with Crippen LogP contribution in [0.2, 0.25) is 0 Å². The number of carbonyl (C=O) groups is 2. The summed E-state index contributed by atoms with van der Waals surface area (Å²) in [6.07, 6.45) is 3.12. The number of benzene rings is 3. The fourth-order valence-electron chi connectivity index (χ4n) is 4.90. The second kappa shape index (κ2) is 11.3. The summed E-state index contributed by atoms with van der Waals surface area (Å²) in [4.78, 5) is 33.0. The van der Waals surface area contributed by atoms with Crippen LogP contribution in [0.3, 0.4) is 0 Å². The maximum Gasteiger partial charge on any atom is 0.246 e. The van der Waals surface area contributed by atoms with Crippen molar-refractivity contribution in [3.8, 4) is 5.75 Å². The molecule has 5 rings (SSSR count). The van der Waals surface area contributed by atoms with Crippen molar-refractivity contribution in [1.82, 2.24) is 15.1 Å². The molecule has 1 N–H and O–H groups in total. The number of guanidine groups is 1. The Balaban J connectivity index is 1.08. The van der Waals surface area contributed by atoms with E-state index in [0.717, 1.165) is 47.4 Å². The Bertz CT molecular complexity index is 1240. The molecule has 7 heteroatoms. The van der Waals surface area contributed by atoms with E-state index in [1.807, 2.05) is 71.4 Å². The summed E-state index contributed by atoms with van der Waals surface area (Å²) in [5.74, 6) is 1.55. The van der Waals surface area contributed by atoms with Crippen molar-refractivity contribution in [3.63, 3.8) is 0 Å². The third-order valence-electron chi connectivity index (χ3n) is 6.84. The summed E-state index contributed by atoms with van der Waals surface area (Å²) in [5.41, 5.74) is 4.14. The number of nitrogens with zero attached hydrogens (tertiary/aromatic N) is 3. The van der Waals surface area contributed by atoms with Crippen molar-refractivity contribution in [2.45, 2.75) is 38.3 Å². The van der Waals surface area contributed by atoms with E-state index < -0.39 is 0 Å². The van der Waals surface area contributed by atoms with Gasteiger partial charge in [-0.05, 0) is 48.6 Å². The maximum atomic E-state index is 13.1. The molecule has 0 spiro atoms. The molecular weight excluding hydrogens is 464 g/mol. The van der Waals surface area contributed by atoms with E-state index in [4.69, 9.17) is 4.74 Å². The molecule has 2 amide bonds. The summed E-state index contributed by atoms with van der Waals surface area (Å²) < 4.78 is 5.97. The highest BCUT2D eigenvalue weighted by Gasteiger charge is 2.29. The number of hydrogen-bond donors (Lipinski definition) is 1. The van der Waals surface area contributed by atoms with E-state index in [2.05, 4.69) is 34.6 Å². The summed E-state index contributed by atoms with van der Waals surface area (Å²) in [5, 5.41) is 2.78. The average Bonchev–Trinajstić information content (AvgIpc) is 3.29.